The Balaban J connectivity index is 1.82. The van der Waals surface area contributed by atoms with E-state index in [1.54, 1.807) is 14.2 Å². The van der Waals surface area contributed by atoms with E-state index in [2.05, 4.69) is 0 Å². The molecule has 4 nitrogen and oxygen atoms in total. The number of methoxy groups -OCH3 is 2. The van der Waals surface area contributed by atoms with Crippen LogP contribution in [0.4, 0.5) is 0 Å². The quantitative estimate of drug-likeness (QED) is 0.554. The maximum atomic E-state index is 5.63. The maximum absolute atomic E-state index is 5.63. The molecule has 2 rings (SSSR count). The third-order valence-corrected chi connectivity index (χ3v) is 2.31. The van der Waals surface area contributed by atoms with Gasteiger partial charge in [-0.05, 0) is 0 Å². The van der Waals surface area contributed by atoms with E-state index in [4.69, 9.17) is 18.9 Å². The number of ether oxygens (including phenoxy) is 4. The summed E-state index contributed by atoms with van der Waals surface area (Å²) in [6.07, 6.45) is 0.732. The van der Waals surface area contributed by atoms with Crippen LogP contribution in [0.25, 0.3) is 0 Å². The molecular formula is C8H14O4. The van der Waals surface area contributed by atoms with E-state index < -0.39 is 0 Å². The zero-order chi connectivity index (χ0) is 8.55. The summed E-state index contributed by atoms with van der Waals surface area (Å²) in [7, 11) is 3.34. The molecule has 2 aliphatic rings. The summed E-state index contributed by atoms with van der Waals surface area (Å²) in [6.45, 7) is 1.22. The van der Waals surface area contributed by atoms with Crippen molar-refractivity contribution in [2.24, 2.45) is 0 Å². The Morgan fingerprint density at radius 1 is 0.917 bits per heavy atom. The molecule has 0 radical (unpaired) electrons. The highest BCUT2D eigenvalue weighted by atomic mass is 16.7. The van der Waals surface area contributed by atoms with Crippen LogP contribution in [0, 0.1) is 0 Å². The van der Waals surface area contributed by atoms with E-state index in [-0.39, 0.29) is 24.4 Å². The molecule has 0 aromatic heterocycles. The van der Waals surface area contributed by atoms with Gasteiger partial charge in [0.15, 0.2) is 0 Å². The minimum atomic E-state index is 0.111. The van der Waals surface area contributed by atoms with Gasteiger partial charge < -0.3 is 18.9 Å². The van der Waals surface area contributed by atoms with E-state index in [1.165, 1.54) is 0 Å². The zero-order valence-corrected chi connectivity index (χ0v) is 7.36. The number of rotatable bonds is 4. The fourth-order valence-electron chi connectivity index (χ4n) is 1.71. The molecule has 0 aromatic carbocycles. The van der Waals surface area contributed by atoms with E-state index >= 15 is 0 Å². The Morgan fingerprint density at radius 3 is 1.83 bits per heavy atom. The van der Waals surface area contributed by atoms with Gasteiger partial charge in [0, 0.05) is 14.2 Å². The first-order chi connectivity index (χ1) is 5.86. The molecule has 0 aliphatic carbocycles. The third-order valence-electron chi connectivity index (χ3n) is 2.31. The number of epoxide rings is 1. The highest BCUT2D eigenvalue weighted by molar-refractivity contribution is 5.03. The molecule has 0 aromatic rings. The second-order valence-electron chi connectivity index (χ2n) is 3.19. The molecule has 0 bridgehead atoms. The van der Waals surface area contributed by atoms with Crippen LogP contribution in [0.1, 0.15) is 0 Å². The smallest absolute Gasteiger partial charge is 0.115 e. The summed E-state index contributed by atoms with van der Waals surface area (Å²) in [5.41, 5.74) is 0. The van der Waals surface area contributed by atoms with E-state index in [0.717, 1.165) is 0 Å². The Bertz CT molecular complexity index is 145. The molecular weight excluding hydrogens is 160 g/mol. The highest BCUT2D eigenvalue weighted by Gasteiger charge is 2.57. The largest absolute Gasteiger partial charge is 0.382 e. The Labute approximate surface area is 71.7 Å². The Hall–Kier alpha value is -0.160. The molecule has 2 saturated heterocycles. The van der Waals surface area contributed by atoms with Gasteiger partial charge >= 0.3 is 0 Å². The van der Waals surface area contributed by atoms with Crippen molar-refractivity contribution >= 4 is 0 Å². The highest BCUT2D eigenvalue weighted by Crippen LogP contribution is 2.39. The lowest BCUT2D eigenvalue weighted by Crippen LogP contribution is -2.26. The Morgan fingerprint density at radius 2 is 1.42 bits per heavy atom. The van der Waals surface area contributed by atoms with Gasteiger partial charge in [-0.1, -0.05) is 0 Å². The number of hydrogen-bond acceptors (Lipinski definition) is 4. The predicted octanol–water partition coefficient (Wildman–Crippen LogP) is -0.186. The lowest BCUT2D eigenvalue weighted by atomic mass is 10.2. The maximum Gasteiger partial charge on any atom is 0.115 e. The second kappa shape index (κ2) is 3.30. The summed E-state index contributed by atoms with van der Waals surface area (Å²) in [5.74, 6) is 0. The molecule has 70 valence electrons. The van der Waals surface area contributed by atoms with Gasteiger partial charge in [0.05, 0.1) is 13.2 Å². The first-order valence-electron chi connectivity index (χ1n) is 4.15. The minimum absolute atomic E-state index is 0.111. The van der Waals surface area contributed by atoms with E-state index in [0.29, 0.717) is 13.2 Å². The van der Waals surface area contributed by atoms with Gasteiger partial charge in [0.2, 0.25) is 0 Å². The Kier molecular flexibility index (Phi) is 2.32. The molecule has 4 heteroatoms. The van der Waals surface area contributed by atoms with Crippen molar-refractivity contribution in [3.63, 3.8) is 0 Å². The topological polar surface area (TPSA) is 40.2 Å². The molecule has 2 aliphatic heterocycles. The van der Waals surface area contributed by atoms with Crippen LogP contribution in [-0.4, -0.2) is 51.8 Å². The van der Waals surface area contributed by atoms with Crippen molar-refractivity contribution in [3.05, 3.63) is 0 Å². The average molecular weight is 174 g/mol. The summed E-state index contributed by atoms with van der Waals surface area (Å²) < 4.78 is 21.0. The molecule has 2 heterocycles. The molecule has 12 heavy (non-hydrogen) atoms. The fraction of sp³-hybridized carbons (Fsp3) is 1.00. The first-order valence-corrected chi connectivity index (χ1v) is 4.15. The molecule has 2 fully saturated rings. The van der Waals surface area contributed by atoms with Crippen molar-refractivity contribution < 1.29 is 18.9 Å². The van der Waals surface area contributed by atoms with Gasteiger partial charge in [-0.3, -0.25) is 0 Å². The van der Waals surface area contributed by atoms with Crippen LogP contribution in [-0.2, 0) is 18.9 Å². The van der Waals surface area contributed by atoms with Crippen LogP contribution in [0.5, 0.6) is 0 Å². The van der Waals surface area contributed by atoms with Gasteiger partial charge in [-0.25, -0.2) is 0 Å². The van der Waals surface area contributed by atoms with Crippen molar-refractivity contribution in [2.75, 3.05) is 27.4 Å². The van der Waals surface area contributed by atoms with Gasteiger partial charge in [0.25, 0.3) is 0 Å². The van der Waals surface area contributed by atoms with Gasteiger partial charge in [0.1, 0.15) is 24.4 Å². The predicted molar refractivity (Wildman–Crippen MR) is 41.1 cm³/mol. The normalized spacial score (nSPS) is 44.5. The first kappa shape index (κ1) is 8.44. The fourth-order valence-corrected chi connectivity index (χ4v) is 1.71. The second-order valence-corrected chi connectivity index (χ2v) is 3.19. The molecule has 0 amide bonds. The number of hydrogen-bond donors (Lipinski definition) is 0. The molecule has 4 atom stereocenters. The molecule has 0 N–H and O–H groups in total. The molecule has 0 saturated carbocycles. The van der Waals surface area contributed by atoms with Crippen molar-refractivity contribution in [1.82, 2.24) is 0 Å². The number of fused-ring (bicyclic) bond motifs is 1. The lowest BCUT2D eigenvalue weighted by molar-refractivity contribution is -0.0810. The minimum Gasteiger partial charge on any atom is -0.382 e. The SMILES string of the molecule is COC[C@@H]1O[C@H](COC)[C@@H]2O[C@@H]21. The summed E-state index contributed by atoms with van der Waals surface area (Å²) in [5, 5.41) is 0. The monoisotopic (exact) mass is 174 g/mol. The molecule has 0 spiro atoms. The van der Waals surface area contributed by atoms with Crippen molar-refractivity contribution in [2.45, 2.75) is 24.4 Å². The summed E-state index contributed by atoms with van der Waals surface area (Å²) in [4.78, 5) is 0. The standard InChI is InChI=1S/C8H14O4/c1-9-3-5-7-8(12-7)6(11-5)4-10-2/h5-8H,3-4H2,1-2H3/t5-,6+,7+,8-. The summed E-state index contributed by atoms with van der Waals surface area (Å²) in [6, 6.07) is 0. The van der Waals surface area contributed by atoms with Crippen molar-refractivity contribution in [3.8, 4) is 0 Å². The summed E-state index contributed by atoms with van der Waals surface area (Å²) >= 11 is 0. The van der Waals surface area contributed by atoms with Crippen LogP contribution >= 0.6 is 0 Å². The van der Waals surface area contributed by atoms with Crippen molar-refractivity contribution in [1.29, 1.82) is 0 Å². The zero-order valence-electron chi connectivity index (χ0n) is 7.36. The lowest BCUT2D eigenvalue weighted by Gasteiger charge is -2.15. The van der Waals surface area contributed by atoms with E-state index in [1.807, 2.05) is 0 Å². The van der Waals surface area contributed by atoms with Crippen LogP contribution in [0.3, 0.4) is 0 Å². The van der Waals surface area contributed by atoms with Crippen LogP contribution < -0.4 is 0 Å². The molecule has 0 unspecified atom stereocenters. The van der Waals surface area contributed by atoms with Gasteiger partial charge in [-0.2, -0.15) is 0 Å². The average Bonchev–Trinajstić information content (AvgIpc) is 2.76. The van der Waals surface area contributed by atoms with Crippen LogP contribution in [0.2, 0.25) is 0 Å². The van der Waals surface area contributed by atoms with Crippen LogP contribution in [0.15, 0.2) is 0 Å². The van der Waals surface area contributed by atoms with Gasteiger partial charge in [-0.15, -0.1) is 0 Å². The van der Waals surface area contributed by atoms with E-state index in [9.17, 15) is 0 Å². The third kappa shape index (κ3) is 1.35.